The van der Waals surface area contributed by atoms with Gasteiger partial charge < -0.3 is 10.1 Å². The molecule has 0 bridgehead atoms. The molecule has 1 fully saturated rings. The second-order valence-corrected chi connectivity index (χ2v) is 10.5. The first-order chi connectivity index (χ1) is 16.5. The summed E-state index contributed by atoms with van der Waals surface area (Å²) >= 11 is 0. The van der Waals surface area contributed by atoms with Crippen LogP contribution < -0.4 is 14.8 Å². The van der Waals surface area contributed by atoms with E-state index in [4.69, 9.17) is 0 Å². The van der Waals surface area contributed by atoms with E-state index in [9.17, 15) is 22.0 Å². The molecule has 3 aromatic rings. The molecule has 184 valence electrons. The van der Waals surface area contributed by atoms with Gasteiger partial charge in [0.15, 0.2) is 0 Å². The Balaban J connectivity index is 1.46. The number of pyridine rings is 1. The monoisotopic (exact) mass is 503 g/mol. The second kappa shape index (κ2) is 9.53. The van der Waals surface area contributed by atoms with Crippen molar-refractivity contribution in [2.45, 2.75) is 44.0 Å². The van der Waals surface area contributed by atoms with Crippen LogP contribution in [0.3, 0.4) is 0 Å². The summed E-state index contributed by atoms with van der Waals surface area (Å²) in [6, 6.07) is 9.75. The van der Waals surface area contributed by atoms with Crippen molar-refractivity contribution in [3.05, 3.63) is 60.7 Å². The number of hydrogen-bond donors (Lipinski definition) is 2. The van der Waals surface area contributed by atoms with Gasteiger partial charge >= 0.3 is 6.61 Å². The summed E-state index contributed by atoms with van der Waals surface area (Å²) in [5, 5.41) is 2.39. The number of aromatic nitrogens is 3. The van der Waals surface area contributed by atoms with E-state index in [0.29, 0.717) is 35.3 Å². The van der Waals surface area contributed by atoms with Crippen LogP contribution in [0.15, 0.2) is 55.0 Å². The van der Waals surface area contributed by atoms with Gasteiger partial charge in [0.1, 0.15) is 5.75 Å². The van der Waals surface area contributed by atoms with E-state index in [-0.39, 0.29) is 17.6 Å². The molecule has 1 aromatic carbocycles. The van der Waals surface area contributed by atoms with Crippen LogP contribution in [0.25, 0.3) is 11.1 Å². The fourth-order valence-electron chi connectivity index (χ4n) is 3.24. The molecular formula is C23H23F2N5O4S. The number of carbonyl (C=O) groups excluding carboxylic acids is 1. The highest BCUT2D eigenvalue weighted by Crippen LogP contribution is 2.30. The van der Waals surface area contributed by atoms with Crippen LogP contribution in [0.5, 0.6) is 5.75 Å². The molecule has 0 radical (unpaired) electrons. The number of benzene rings is 1. The summed E-state index contributed by atoms with van der Waals surface area (Å²) in [6.45, 7) is 0.383. The van der Waals surface area contributed by atoms with E-state index in [0.717, 1.165) is 0 Å². The number of nitrogens with zero attached hydrogens (tertiary/aromatic N) is 3. The van der Waals surface area contributed by atoms with Gasteiger partial charge in [0.2, 0.25) is 21.9 Å². The van der Waals surface area contributed by atoms with Gasteiger partial charge in [-0.05, 0) is 56.5 Å². The van der Waals surface area contributed by atoms with Crippen LogP contribution in [0.4, 0.5) is 20.4 Å². The lowest BCUT2D eigenvalue weighted by Gasteiger charge is -2.23. The van der Waals surface area contributed by atoms with E-state index in [1.54, 1.807) is 44.2 Å². The van der Waals surface area contributed by atoms with Gasteiger partial charge in [0.25, 0.3) is 0 Å². The maximum Gasteiger partial charge on any atom is 0.387 e. The predicted octanol–water partition coefficient (Wildman–Crippen LogP) is 3.96. The fourth-order valence-corrected chi connectivity index (χ4v) is 4.51. The van der Waals surface area contributed by atoms with E-state index < -0.39 is 27.3 Å². The zero-order valence-electron chi connectivity index (χ0n) is 18.9. The number of nitrogens with one attached hydrogen (secondary N) is 2. The van der Waals surface area contributed by atoms with Gasteiger partial charge in [-0.3, -0.25) is 14.5 Å². The first-order valence-corrected chi connectivity index (χ1v) is 12.3. The Hall–Kier alpha value is -3.67. The van der Waals surface area contributed by atoms with Crippen molar-refractivity contribution in [1.82, 2.24) is 15.0 Å². The van der Waals surface area contributed by atoms with Gasteiger partial charge in [-0.15, -0.1) is 0 Å². The van der Waals surface area contributed by atoms with Crippen molar-refractivity contribution in [1.29, 1.82) is 0 Å². The van der Waals surface area contributed by atoms with Crippen LogP contribution in [-0.2, 0) is 20.2 Å². The first kappa shape index (κ1) is 24.5. The lowest BCUT2D eigenvalue weighted by molar-refractivity contribution is -0.120. The lowest BCUT2D eigenvalue weighted by Crippen LogP contribution is -2.36. The molecule has 2 N–H and O–H groups in total. The predicted molar refractivity (Wildman–Crippen MR) is 126 cm³/mol. The molecule has 35 heavy (non-hydrogen) atoms. The SMILES string of the molecule is CC(C)(C(=O)Nc1ccc(-c2cncc(OC(F)F)c2)cc1)c1ccnc(NS(=O)(=O)C2CC2)n1. The molecule has 0 atom stereocenters. The van der Waals surface area contributed by atoms with Crippen molar-refractivity contribution in [2.75, 3.05) is 10.0 Å². The standard InChI is InChI=1S/C23H23F2N5O4S/c1-23(2,19-9-10-27-22(29-19)30-35(32,33)18-7-8-18)20(31)28-16-5-3-14(4-6-16)15-11-17(13-26-12-15)34-21(24)25/h3-6,9-13,18,21H,7-8H2,1-2H3,(H,28,31)(H,27,29,30). The van der Waals surface area contributed by atoms with Crippen LogP contribution in [0.2, 0.25) is 0 Å². The summed E-state index contributed by atoms with van der Waals surface area (Å²) in [6.07, 6.45) is 5.32. The zero-order valence-corrected chi connectivity index (χ0v) is 19.7. The maximum absolute atomic E-state index is 13.0. The first-order valence-electron chi connectivity index (χ1n) is 10.7. The normalized spacial score (nSPS) is 14.0. The number of alkyl halides is 2. The molecule has 2 aromatic heterocycles. The van der Waals surface area contributed by atoms with Crippen LogP contribution in [0, 0.1) is 0 Å². The molecule has 1 saturated carbocycles. The lowest BCUT2D eigenvalue weighted by atomic mass is 9.88. The van der Waals surface area contributed by atoms with Crippen molar-refractivity contribution in [3.8, 4) is 16.9 Å². The Morgan fingerprint density at radius 3 is 2.49 bits per heavy atom. The van der Waals surface area contributed by atoms with E-state index >= 15 is 0 Å². The summed E-state index contributed by atoms with van der Waals surface area (Å²) < 4.78 is 56.0. The second-order valence-electron chi connectivity index (χ2n) is 8.56. The van der Waals surface area contributed by atoms with Crippen molar-refractivity contribution < 1.29 is 26.7 Å². The molecule has 4 rings (SSSR count). The quantitative estimate of drug-likeness (QED) is 0.453. The summed E-state index contributed by atoms with van der Waals surface area (Å²) in [5.74, 6) is -0.500. The Bertz CT molecular complexity index is 1330. The number of anilines is 2. The number of carbonyl (C=O) groups is 1. The minimum atomic E-state index is -3.53. The number of rotatable bonds is 9. The maximum atomic E-state index is 13.0. The minimum absolute atomic E-state index is 0.0553. The molecule has 2 heterocycles. The zero-order chi connectivity index (χ0) is 25.2. The molecule has 12 heteroatoms. The number of sulfonamides is 1. The molecular weight excluding hydrogens is 480 g/mol. The molecule has 0 spiro atoms. The highest BCUT2D eigenvalue weighted by Gasteiger charge is 2.37. The number of hydrogen-bond acceptors (Lipinski definition) is 7. The van der Waals surface area contributed by atoms with Gasteiger partial charge in [-0.2, -0.15) is 8.78 Å². The van der Waals surface area contributed by atoms with Crippen molar-refractivity contribution in [2.24, 2.45) is 0 Å². The molecule has 0 aliphatic heterocycles. The summed E-state index contributed by atoms with van der Waals surface area (Å²) in [7, 11) is -3.53. The van der Waals surface area contributed by atoms with E-state index in [1.165, 1.54) is 24.7 Å². The topological polar surface area (TPSA) is 123 Å². The third kappa shape index (κ3) is 5.88. The third-order valence-electron chi connectivity index (χ3n) is 5.47. The Morgan fingerprint density at radius 2 is 1.83 bits per heavy atom. The van der Waals surface area contributed by atoms with E-state index in [1.807, 2.05) is 0 Å². The molecule has 1 aliphatic rings. The van der Waals surface area contributed by atoms with Gasteiger partial charge in [0, 0.05) is 23.6 Å². The summed E-state index contributed by atoms with van der Waals surface area (Å²) in [4.78, 5) is 25.2. The average Bonchev–Trinajstić information content (AvgIpc) is 3.66. The Morgan fingerprint density at radius 1 is 1.11 bits per heavy atom. The minimum Gasteiger partial charge on any atom is -0.433 e. The number of ether oxygens (including phenoxy) is 1. The van der Waals surface area contributed by atoms with Crippen molar-refractivity contribution in [3.63, 3.8) is 0 Å². The van der Waals surface area contributed by atoms with Crippen LogP contribution >= 0.6 is 0 Å². The fraction of sp³-hybridized carbons (Fsp3) is 0.304. The third-order valence-corrected chi connectivity index (χ3v) is 7.29. The summed E-state index contributed by atoms with van der Waals surface area (Å²) in [5.41, 5.74) is 1.01. The Labute approximate surface area is 201 Å². The van der Waals surface area contributed by atoms with Crippen molar-refractivity contribution >= 4 is 27.6 Å². The molecule has 1 aliphatic carbocycles. The number of amides is 1. The van der Waals surface area contributed by atoms with E-state index in [2.05, 4.69) is 29.7 Å². The highest BCUT2D eigenvalue weighted by molar-refractivity contribution is 7.93. The Kier molecular flexibility index (Phi) is 6.66. The van der Waals surface area contributed by atoms with Gasteiger partial charge in [0.05, 0.1) is 22.6 Å². The molecule has 0 saturated heterocycles. The van der Waals surface area contributed by atoms with Gasteiger partial charge in [-0.1, -0.05) is 12.1 Å². The van der Waals surface area contributed by atoms with Crippen LogP contribution in [-0.4, -0.2) is 41.1 Å². The highest BCUT2D eigenvalue weighted by atomic mass is 32.2. The van der Waals surface area contributed by atoms with Crippen LogP contribution in [0.1, 0.15) is 32.4 Å². The number of halogens is 2. The van der Waals surface area contributed by atoms with Gasteiger partial charge in [-0.25, -0.2) is 18.4 Å². The molecule has 9 nitrogen and oxygen atoms in total. The molecule has 1 amide bonds. The average molecular weight is 504 g/mol. The molecule has 0 unspecified atom stereocenters. The largest absolute Gasteiger partial charge is 0.433 e. The smallest absolute Gasteiger partial charge is 0.387 e.